The summed E-state index contributed by atoms with van der Waals surface area (Å²) in [6.45, 7) is 6.81. The lowest BCUT2D eigenvalue weighted by Crippen LogP contribution is -2.17. The fraction of sp³-hybridized carbons (Fsp3) is 0.667. The van der Waals surface area contributed by atoms with Crippen LogP contribution in [0.15, 0.2) is 18.5 Å². The monoisotopic (exact) mass is 253 g/mol. The number of rotatable bonds is 7. The van der Waals surface area contributed by atoms with E-state index in [1.807, 2.05) is 12.3 Å². The molecule has 17 heavy (non-hydrogen) atoms. The third-order valence-corrected chi connectivity index (χ3v) is 3.60. The molecule has 0 spiro atoms. The van der Waals surface area contributed by atoms with Crippen LogP contribution in [-0.2, 0) is 5.41 Å². The van der Waals surface area contributed by atoms with Crippen LogP contribution in [0.5, 0.6) is 0 Å². The molecule has 0 unspecified atom stereocenters. The van der Waals surface area contributed by atoms with Crippen molar-refractivity contribution in [2.45, 2.75) is 64.7 Å². The summed E-state index contributed by atoms with van der Waals surface area (Å²) in [5.41, 5.74) is 1.44. The van der Waals surface area contributed by atoms with Gasteiger partial charge in [0.1, 0.15) is 0 Å². The molecule has 0 radical (unpaired) electrons. The van der Waals surface area contributed by atoms with Crippen molar-refractivity contribution < 1.29 is 0 Å². The molecule has 96 valence electrons. The van der Waals surface area contributed by atoms with Crippen molar-refractivity contribution in [3.8, 4) is 0 Å². The molecule has 0 atom stereocenters. The van der Waals surface area contributed by atoms with E-state index in [4.69, 9.17) is 11.6 Å². The van der Waals surface area contributed by atoms with Crippen LogP contribution in [0.25, 0.3) is 0 Å². The Hall–Kier alpha value is -0.560. The van der Waals surface area contributed by atoms with E-state index < -0.39 is 0 Å². The van der Waals surface area contributed by atoms with Crippen molar-refractivity contribution in [2.75, 3.05) is 0 Å². The minimum absolute atomic E-state index is 0.185. The molecule has 1 aromatic rings. The predicted molar refractivity (Wildman–Crippen MR) is 75.6 cm³/mol. The van der Waals surface area contributed by atoms with Gasteiger partial charge in [-0.3, -0.25) is 4.98 Å². The second-order valence-electron chi connectivity index (χ2n) is 5.44. The van der Waals surface area contributed by atoms with E-state index in [0.717, 1.165) is 5.02 Å². The fourth-order valence-electron chi connectivity index (χ4n) is 2.10. The summed E-state index contributed by atoms with van der Waals surface area (Å²) in [7, 11) is 0. The van der Waals surface area contributed by atoms with Crippen LogP contribution in [0.4, 0.5) is 0 Å². The minimum Gasteiger partial charge on any atom is -0.263 e. The van der Waals surface area contributed by atoms with Gasteiger partial charge in [-0.05, 0) is 23.5 Å². The smallest absolute Gasteiger partial charge is 0.0592 e. The Balaban J connectivity index is 2.45. The maximum atomic E-state index is 5.99. The third kappa shape index (κ3) is 5.08. The van der Waals surface area contributed by atoms with Crippen LogP contribution in [0.1, 0.15) is 64.9 Å². The highest BCUT2D eigenvalue weighted by molar-refractivity contribution is 6.30. The molecule has 2 heteroatoms. The zero-order valence-corrected chi connectivity index (χ0v) is 12.1. The second kappa shape index (κ2) is 7.00. The molecule has 0 aliphatic heterocycles. The van der Waals surface area contributed by atoms with Gasteiger partial charge in [0.25, 0.3) is 0 Å². The van der Waals surface area contributed by atoms with E-state index in [1.165, 1.54) is 44.1 Å². The minimum atomic E-state index is 0.185. The quantitative estimate of drug-likeness (QED) is 0.595. The molecule has 0 fully saturated rings. The highest BCUT2D eigenvalue weighted by atomic mass is 35.5. The number of aromatic nitrogens is 1. The van der Waals surface area contributed by atoms with Crippen LogP contribution in [0.3, 0.4) is 0 Å². The van der Waals surface area contributed by atoms with Crippen LogP contribution < -0.4 is 0 Å². The van der Waals surface area contributed by atoms with E-state index in [2.05, 4.69) is 25.8 Å². The lowest BCUT2D eigenvalue weighted by atomic mass is 9.81. The zero-order chi connectivity index (χ0) is 12.7. The standard InChI is InChI=1S/C15H24ClN/c1-4-5-6-7-8-9-15(2,3)13-10-14(16)12-17-11-13/h10-12H,4-9H2,1-3H3. The van der Waals surface area contributed by atoms with Gasteiger partial charge in [-0.2, -0.15) is 0 Å². The number of hydrogen-bond donors (Lipinski definition) is 0. The largest absolute Gasteiger partial charge is 0.263 e. The summed E-state index contributed by atoms with van der Waals surface area (Å²) in [4.78, 5) is 4.18. The average Bonchev–Trinajstić information content (AvgIpc) is 2.29. The first-order chi connectivity index (χ1) is 8.06. The summed E-state index contributed by atoms with van der Waals surface area (Å²) in [5, 5.41) is 0.738. The molecule has 0 saturated carbocycles. The van der Waals surface area contributed by atoms with Gasteiger partial charge in [-0.15, -0.1) is 0 Å². The molecular weight excluding hydrogens is 230 g/mol. The molecule has 0 aromatic carbocycles. The van der Waals surface area contributed by atoms with Gasteiger partial charge in [0.15, 0.2) is 0 Å². The SMILES string of the molecule is CCCCCCCC(C)(C)c1cncc(Cl)c1. The number of unbranched alkanes of at least 4 members (excludes halogenated alkanes) is 4. The van der Waals surface area contributed by atoms with Gasteiger partial charge >= 0.3 is 0 Å². The number of hydrogen-bond acceptors (Lipinski definition) is 1. The Morgan fingerprint density at radius 3 is 2.47 bits per heavy atom. The molecule has 0 aliphatic rings. The maximum absolute atomic E-state index is 5.99. The van der Waals surface area contributed by atoms with Crippen LogP contribution in [0.2, 0.25) is 5.02 Å². The van der Waals surface area contributed by atoms with Crippen molar-refractivity contribution >= 4 is 11.6 Å². The fourth-order valence-corrected chi connectivity index (χ4v) is 2.27. The molecule has 0 N–H and O–H groups in total. The second-order valence-corrected chi connectivity index (χ2v) is 5.88. The van der Waals surface area contributed by atoms with E-state index in [1.54, 1.807) is 6.20 Å². The molecule has 0 amide bonds. The summed E-state index contributed by atoms with van der Waals surface area (Å²) >= 11 is 5.99. The Bertz CT molecular complexity index is 333. The molecule has 0 aliphatic carbocycles. The van der Waals surface area contributed by atoms with Crippen LogP contribution >= 0.6 is 11.6 Å². The normalized spacial score (nSPS) is 11.8. The summed E-state index contributed by atoms with van der Waals surface area (Å²) in [6, 6.07) is 2.04. The average molecular weight is 254 g/mol. The maximum Gasteiger partial charge on any atom is 0.0592 e. The van der Waals surface area contributed by atoms with Crippen molar-refractivity contribution in [1.29, 1.82) is 0 Å². The van der Waals surface area contributed by atoms with E-state index in [0.29, 0.717) is 0 Å². The Labute approximate surface area is 111 Å². The lowest BCUT2D eigenvalue weighted by Gasteiger charge is -2.25. The van der Waals surface area contributed by atoms with Crippen LogP contribution in [0, 0.1) is 0 Å². The molecule has 1 rings (SSSR count). The third-order valence-electron chi connectivity index (χ3n) is 3.39. The van der Waals surface area contributed by atoms with Gasteiger partial charge in [-0.25, -0.2) is 0 Å². The highest BCUT2D eigenvalue weighted by Crippen LogP contribution is 2.30. The van der Waals surface area contributed by atoms with Crippen molar-refractivity contribution in [3.63, 3.8) is 0 Å². The first kappa shape index (κ1) is 14.5. The Morgan fingerprint density at radius 1 is 1.12 bits per heavy atom. The first-order valence-electron chi connectivity index (χ1n) is 6.67. The zero-order valence-electron chi connectivity index (χ0n) is 11.3. The molecule has 1 aromatic heterocycles. The van der Waals surface area contributed by atoms with Gasteiger partial charge in [-0.1, -0.05) is 64.5 Å². The number of pyridine rings is 1. The van der Waals surface area contributed by atoms with E-state index in [9.17, 15) is 0 Å². The van der Waals surface area contributed by atoms with Crippen LogP contribution in [-0.4, -0.2) is 4.98 Å². The molecular formula is C15H24ClN. The summed E-state index contributed by atoms with van der Waals surface area (Å²) < 4.78 is 0. The Kier molecular flexibility index (Phi) is 5.97. The highest BCUT2D eigenvalue weighted by Gasteiger charge is 2.20. The number of nitrogens with zero attached hydrogens (tertiary/aromatic N) is 1. The van der Waals surface area contributed by atoms with Crippen molar-refractivity contribution in [1.82, 2.24) is 4.98 Å². The van der Waals surface area contributed by atoms with E-state index in [-0.39, 0.29) is 5.41 Å². The molecule has 0 saturated heterocycles. The van der Waals surface area contributed by atoms with Crippen molar-refractivity contribution in [2.24, 2.45) is 0 Å². The van der Waals surface area contributed by atoms with Gasteiger partial charge in [0, 0.05) is 12.4 Å². The summed E-state index contributed by atoms with van der Waals surface area (Å²) in [6.07, 6.45) is 11.5. The van der Waals surface area contributed by atoms with Crippen molar-refractivity contribution in [3.05, 3.63) is 29.0 Å². The lowest BCUT2D eigenvalue weighted by molar-refractivity contribution is 0.443. The van der Waals surface area contributed by atoms with Gasteiger partial charge < -0.3 is 0 Å². The Morgan fingerprint density at radius 2 is 1.82 bits per heavy atom. The topological polar surface area (TPSA) is 12.9 Å². The number of halogens is 1. The molecule has 1 nitrogen and oxygen atoms in total. The molecule has 1 heterocycles. The summed E-state index contributed by atoms with van der Waals surface area (Å²) in [5.74, 6) is 0. The van der Waals surface area contributed by atoms with E-state index >= 15 is 0 Å². The van der Waals surface area contributed by atoms with Gasteiger partial charge in [0.05, 0.1) is 5.02 Å². The molecule has 0 bridgehead atoms. The predicted octanol–water partition coefficient (Wildman–Crippen LogP) is 5.37. The van der Waals surface area contributed by atoms with Gasteiger partial charge in [0.2, 0.25) is 0 Å². The first-order valence-corrected chi connectivity index (χ1v) is 7.05.